The molecule has 0 fully saturated rings. The van der Waals surface area contributed by atoms with Crippen molar-refractivity contribution in [2.75, 3.05) is 0 Å². The second-order valence-electron chi connectivity index (χ2n) is 5.42. The van der Waals surface area contributed by atoms with Crippen LogP contribution in [0.15, 0.2) is 39.7 Å². The largest absolute Gasteiger partial charge is 0.480 e. The summed E-state index contributed by atoms with van der Waals surface area (Å²) in [6.45, 7) is 1.83. The molecule has 1 aromatic heterocycles. The maximum Gasteiger partial charge on any atom is 0.326 e. The third-order valence-electron chi connectivity index (χ3n) is 3.39. The van der Waals surface area contributed by atoms with Crippen molar-refractivity contribution in [3.05, 3.63) is 51.9 Å². The van der Waals surface area contributed by atoms with E-state index in [9.17, 15) is 19.2 Å². The highest BCUT2D eigenvalue weighted by Crippen LogP contribution is 2.13. The molecule has 2 rings (SSSR count). The molecule has 1 heterocycles. The molecule has 0 aliphatic heterocycles. The highest BCUT2D eigenvalue weighted by atomic mass is 16.4. The van der Waals surface area contributed by atoms with Crippen molar-refractivity contribution < 1.29 is 23.9 Å². The summed E-state index contributed by atoms with van der Waals surface area (Å²) < 4.78 is 5.34. The van der Waals surface area contributed by atoms with Gasteiger partial charge in [-0.05, 0) is 25.1 Å². The fourth-order valence-corrected chi connectivity index (χ4v) is 2.16. The number of carboxylic acids is 1. The molecular weight excluding hydrogens is 328 g/mol. The van der Waals surface area contributed by atoms with Gasteiger partial charge in [0.25, 0.3) is 0 Å². The monoisotopic (exact) mass is 344 g/mol. The first-order valence-electron chi connectivity index (χ1n) is 7.30. The fourth-order valence-electron chi connectivity index (χ4n) is 2.16. The molecule has 0 aliphatic rings. The number of nitrogens with two attached hydrogens (primary N) is 1. The van der Waals surface area contributed by atoms with Crippen molar-refractivity contribution >= 4 is 34.8 Å². The van der Waals surface area contributed by atoms with Gasteiger partial charge in [-0.1, -0.05) is 11.6 Å². The number of aryl methyl sites for hydroxylation is 1. The minimum Gasteiger partial charge on any atom is -0.480 e. The Morgan fingerprint density at radius 3 is 2.72 bits per heavy atom. The van der Waals surface area contributed by atoms with Crippen molar-refractivity contribution in [2.24, 2.45) is 5.73 Å². The summed E-state index contributed by atoms with van der Waals surface area (Å²) in [4.78, 5) is 45.9. The van der Waals surface area contributed by atoms with Gasteiger partial charge in [0.2, 0.25) is 11.8 Å². The third-order valence-corrected chi connectivity index (χ3v) is 3.39. The summed E-state index contributed by atoms with van der Waals surface area (Å²) in [6, 6.07) is 3.71. The van der Waals surface area contributed by atoms with Crippen LogP contribution in [0.3, 0.4) is 0 Å². The third kappa shape index (κ3) is 4.54. The molecule has 1 unspecified atom stereocenters. The van der Waals surface area contributed by atoms with Gasteiger partial charge in [-0.3, -0.25) is 14.4 Å². The number of amides is 2. The number of carbonyl (C=O) groups is 3. The Hall–Kier alpha value is -3.42. The van der Waals surface area contributed by atoms with Gasteiger partial charge in [-0.15, -0.1) is 0 Å². The average Bonchev–Trinajstić information content (AvgIpc) is 2.53. The van der Waals surface area contributed by atoms with Crippen LogP contribution in [0.25, 0.3) is 17.0 Å². The number of primary amides is 1. The molecular formula is C17H16N2O6. The number of carboxylic acid groups (broad SMARTS) is 1. The van der Waals surface area contributed by atoms with E-state index in [1.54, 1.807) is 18.2 Å². The van der Waals surface area contributed by atoms with Crippen molar-refractivity contribution in [2.45, 2.75) is 19.4 Å². The van der Waals surface area contributed by atoms with E-state index in [-0.39, 0.29) is 11.0 Å². The standard InChI is InChI=1S/C17H16N2O6/c1-9-2-4-13-11(6-9)16(22)10(8-25-13)3-5-15(21)19-12(17(23)24)7-14(18)20/h2-6,8,12H,7H2,1H3,(H2,18,20)(H,19,21)(H,23,24)/b5-3+. The Labute approximate surface area is 141 Å². The van der Waals surface area contributed by atoms with Crippen LogP contribution in [0.4, 0.5) is 0 Å². The number of aliphatic carboxylic acids is 1. The number of hydrogen-bond acceptors (Lipinski definition) is 5. The maximum absolute atomic E-state index is 12.4. The average molecular weight is 344 g/mol. The lowest BCUT2D eigenvalue weighted by molar-refractivity contribution is -0.142. The minimum absolute atomic E-state index is 0.134. The highest BCUT2D eigenvalue weighted by Gasteiger charge is 2.21. The Kier molecular flexibility index (Phi) is 5.33. The Balaban J connectivity index is 2.21. The summed E-state index contributed by atoms with van der Waals surface area (Å²) >= 11 is 0. The number of rotatable bonds is 6. The molecule has 4 N–H and O–H groups in total. The first kappa shape index (κ1) is 17.9. The molecule has 0 radical (unpaired) electrons. The van der Waals surface area contributed by atoms with Crippen LogP contribution in [0, 0.1) is 6.92 Å². The molecule has 0 spiro atoms. The molecule has 0 aliphatic carbocycles. The molecule has 2 aromatic rings. The van der Waals surface area contributed by atoms with Gasteiger partial charge < -0.3 is 20.6 Å². The molecule has 0 saturated heterocycles. The quantitative estimate of drug-likeness (QED) is 0.654. The summed E-state index contributed by atoms with van der Waals surface area (Å²) in [6.07, 6.45) is 2.88. The van der Waals surface area contributed by atoms with Gasteiger partial charge in [0.1, 0.15) is 17.9 Å². The molecule has 25 heavy (non-hydrogen) atoms. The van der Waals surface area contributed by atoms with E-state index in [1.165, 1.54) is 12.3 Å². The molecule has 8 nitrogen and oxygen atoms in total. The van der Waals surface area contributed by atoms with Crippen molar-refractivity contribution in [1.29, 1.82) is 0 Å². The van der Waals surface area contributed by atoms with Gasteiger partial charge in [-0.25, -0.2) is 4.79 Å². The van der Waals surface area contributed by atoms with Crippen LogP contribution >= 0.6 is 0 Å². The molecule has 1 aromatic carbocycles. The van der Waals surface area contributed by atoms with E-state index < -0.39 is 30.2 Å². The Morgan fingerprint density at radius 1 is 1.36 bits per heavy atom. The number of fused-ring (bicyclic) bond motifs is 1. The van der Waals surface area contributed by atoms with Crippen molar-refractivity contribution in [1.82, 2.24) is 5.32 Å². The van der Waals surface area contributed by atoms with Crippen LogP contribution in [-0.2, 0) is 14.4 Å². The zero-order valence-electron chi connectivity index (χ0n) is 13.3. The zero-order chi connectivity index (χ0) is 18.6. The van der Waals surface area contributed by atoms with Gasteiger partial charge >= 0.3 is 5.97 Å². The number of carbonyl (C=O) groups excluding carboxylic acids is 2. The molecule has 0 bridgehead atoms. The lowest BCUT2D eigenvalue weighted by atomic mass is 10.1. The van der Waals surface area contributed by atoms with E-state index in [2.05, 4.69) is 5.32 Å². The zero-order valence-corrected chi connectivity index (χ0v) is 13.3. The molecule has 8 heteroatoms. The summed E-state index contributed by atoms with van der Waals surface area (Å²) in [5, 5.41) is 11.4. The minimum atomic E-state index is -1.44. The summed E-state index contributed by atoms with van der Waals surface area (Å²) in [7, 11) is 0. The van der Waals surface area contributed by atoms with Crippen LogP contribution in [0.2, 0.25) is 0 Å². The molecule has 130 valence electrons. The number of benzene rings is 1. The second kappa shape index (κ2) is 7.43. The van der Waals surface area contributed by atoms with Crippen LogP contribution in [-0.4, -0.2) is 28.9 Å². The predicted octanol–water partition coefficient (Wildman–Crippen LogP) is 0.559. The van der Waals surface area contributed by atoms with Crippen molar-refractivity contribution in [3.8, 4) is 0 Å². The van der Waals surface area contributed by atoms with Crippen LogP contribution < -0.4 is 16.5 Å². The maximum atomic E-state index is 12.4. The van der Waals surface area contributed by atoms with E-state index in [4.69, 9.17) is 15.3 Å². The van der Waals surface area contributed by atoms with E-state index in [0.717, 1.165) is 11.6 Å². The lowest BCUT2D eigenvalue weighted by Crippen LogP contribution is -2.42. The smallest absolute Gasteiger partial charge is 0.326 e. The topological polar surface area (TPSA) is 140 Å². The first-order chi connectivity index (χ1) is 11.8. The fraction of sp³-hybridized carbons (Fsp3) is 0.176. The SMILES string of the molecule is Cc1ccc2occ(/C=C/C(=O)NC(CC(N)=O)C(=O)O)c(=O)c2c1. The summed E-state index contributed by atoms with van der Waals surface area (Å²) in [5.74, 6) is -3.03. The summed E-state index contributed by atoms with van der Waals surface area (Å²) in [5.41, 5.74) is 6.05. The second-order valence-corrected chi connectivity index (χ2v) is 5.42. The molecule has 2 amide bonds. The lowest BCUT2D eigenvalue weighted by Gasteiger charge is -2.10. The number of hydrogen-bond donors (Lipinski definition) is 3. The molecule has 1 atom stereocenters. The Morgan fingerprint density at radius 2 is 2.08 bits per heavy atom. The van der Waals surface area contributed by atoms with Gasteiger partial charge in [0.05, 0.1) is 17.4 Å². The first-order valence-corrected chi connectivity index (χ1v) is 7.30. The van der Waals surface area contributed by atoms with E-state index in [1.807, 2.05) is 6.92 Å². The van der Waals surface area contributed by atoms with Crippen LogP contribution in [0.5, 0.6) is 0 Å². The van der Waals surface area contributed by atoms with Gasteiger partial charge in [0.15, 0.2) is 5.43 Å². The van der Waals surface area contributed by atoms with Gasteiger partial charge in [-0.2, -0.15) is 0 Å². The van der Waals surface area contributed by atoms with E-state index >= 15 is 0 Å². The molecule has 0 saturated carbocycles. The van der Waals surface area contributed by atoms with Gasteiger partial charge in [0, 0.05) is 6.08 Å². The number of nitrogens with one attached hydrogen (secondary N) is 1. The highest BCUT2D eigenvalue weighted by molar-refractivity contribution is 5.95. The van der Waals surface area contributed by atoms with Crippen molar-refractivity contribution in [3.63, 3.8) is 0 Å². The Bertz CT molecular complexity index is 928. The predicted molar refractivity (Wildman–Crippen MR) is 89.6 cm³/mol. The normalized spacial score (nSPS) is 12.2. The van der Waals surface area contributed by atoms with E-state index in [0.29, 0.717) is 11.0 Å². The van der Waals surface area contributed by atoms with Crippen LogP contribution in [0.1, 0.15) is 17.5 Å².